The highest BCUT2D eigenvalue weighted by Gasteiger charge is 2.11. The van der Waals surface area contributed by atoms with Crippen LogP contribution in [0.1, 0.15) is 88.3 Å². The molecule has 24 heavy (non-hydrogen) atoms. The fourth-order valence-corrected chi connectivity index (χ4v) is 3.96. The zero-order chi connectivity index (χ0) is 17.0. The minimum Gasteiger partial charge on any atom is -0.381 e. The lowest BCUT2D eigenvalue weighted by Crippen LogP contribution is -2.10. The van der Waals surface area contributed by atoms with Gasteiger partial charge in [-0.15, -0.1) is 0 Å². The standard InChI is InChI=1S/C23H38O/c1-3-5-10-21-14-15-22(4-2)23(19-21)13-7-6-11-20-12-8-9-17-24-18-16-20/h14-15,19-20H,3-13,16-18H2,1-2H3. The van der Waals surface area contributed by atoms with Gasteiger partial charge in [-0.3, -0.25) is 0 Å². The second-order valence-electron chi connectivity index (χ2n) is 7.57. The van der Waals surface area contributed by atoms with E-state index in [1.54, 1.807) is 16.7 Å². The maximum Gasteiger partial charge on any atom is 0.0468 e. The molecule has 1 fully saturated rings. The van der Waals surface area contributed by atoms with Gasteiger partial charge in [0.25, 0.3) is 0 Å². The van der Waals surface area contributed by atoms with E-state index in [-0.39, 0.29) is 0 Å². The lowest BCUT2D eigenvalue weighted by atomic mass is 9.90. The van der Waals surface area contributed by atoms with Crippen LogP contribution in [0.15, 0.2) is 18.2 Å². The molecule has 0 saturated carbocycles. The number of hydrogen-bond acceptors (Lipinski definition) is 1. The summed E-state index contributed by atoms with van der Waals surface area (Å²) in [6.07, 6.45) is 15.8. The summed E-state index contributed by atoms with van der Waals surface area (Å²) in [5.74, 6) is 0.909. The zero-order valence-electron chi connectivity index (χ0n) is 16.1. The van der Waals surface area contributed by atoms with Crippen LogP contribution < -0.4 is 0 Å². The number of aryl methyl sites for hydroxylation is 3. The Balaban J connectivity index is 1.77. The number of benzene rings is 1. The summed E-state index contributed by atoms with van der Waals surface area (Å²) in [5, 5.41) is 0. The summed E-state index contributed by atoms with van der Waals surface area (Å²) in [6, 6.07) is 7.23. The van der Waals surface area contributed by atoms with E-state index in [9.17, 15) is 0 Å². The van der Waals surface area contributed by atoms with Gasteiger partial charge >= 0.3 is 0 Å². The van der Waals surface area contributed by atoms with Crippen LogP contribution in [-0.4, -0.2) is 13.2 Å². The van der Waals surface area contributed by atoms with Crippen molar-refractivity contribution in [1.29, 1.82) is 0 Å². The van der Waals surface area contributed by atoms with Crippen molar-refractivity contribution in [3.8, 4) is 0 Å². The van der Waals surface area contributed by atoms with Gasteiger partial charge in [0.1, 0.15) is 0 Å². The van der Waals surface area contributed by atoms with Crippen LogP contribution in [0.25, 0.3) is 0 Å². The smallest absolute Gasteiger partial charge is 0.0468 e. The van der Waals surface area contributed by atoms with Crippen molar-refractivity contribution in [1.82, 2.24) is 0 Å². The molecule has 1 aliphatic heterocycles. The van der Waals surface area contributed by atoms with Crippen LogP contribution in [0, 0.1) is 5.92 Å². The quantitative estimate of drug-likeness (QED) is 0.469. The minimum atomic E-state index is 0.909. The third-order valence-electron chi connectivity index (χ3n) is 5.60. The molecule has 1 aliphatic rings. The van der Waals surface area contributed by atoms with Gasteiger partial charge in [-0.05, 0) is 67.6 Å². The average Bonchev–Trinajstić information content (AvgIpc) is 2.58. The van der Waals surface area contributed by atoms with Crippen molar-refractivity contribution in [3.05, 3.63) is 34.9 Å². The first kappa shape index (κ1) is 19.5. The highest BCUT2D eigenvalue weighted by Crippen LogP contribution is 2.23. The fourth-order valence-electron chi connectivity index (χ4n) is 3.96. The van der Waals surface area contributed by atoms with E-state index in [1.807, 2.05) is 0 Å². The Labute approximate surface area is 150 Å². The number of rotatable bonds is 9. The Bertz CT molecular complexity index is 443. The maximum atomic E-state index is 5.66. The van der Waals surface area contributed by atoms with Crippen molar-refractivity contribution in [2.24, 2.45) is 5.92 Å². The van der Waals surface area contributed by atoms with Gasteiger partial charge < -0.3 is 4.74 Å². The Morgan fingerprint density at radius 1 is 0.917 bits per heavy atom. The van der Waals surface area contributed by atoms with Gasteiger partial charge in [-0.1, -0.05) is 64.2 Å². The molecule has 2 rings (SSSR count). The average molecular weight is 331 g/mol. The molecule has 1 unspecified atom stereocenters. The van der Waals surface area contributed by atoms with E-state index >= 15 is 0 Å². The summed E-state index contributed by atoms with van der Waals surface area (Å²) in [6.45, 7) is 6.55. The summed E-state index contributed by atoms with van der Waals surface area (Å²) >= 11 is 0. The molecular formula is C23H38O. The first-order valence-corrected chi connectivity index (χ1v) is 10.5. The maximum absolute atomic E-state index is 5.66. The van der Waals surface area contributed by atoms with Gasteiger partial charge in [0.2, 0.25) is 0 Å². The second kappa shape index (κ2) is 11.7. The highest BCUT2D eigenvalue weighted by molar-refractivity contribution is 5.32. The Morgan fingerprint density at radius 3 is 2.67 bits per heavy atom. The molecule has 1 aromatic carbocycles. The topological polar surface area (TPSA) is 9.23 Å². The molecule has 0 aromatic heterocycles. The normalized spacial score (nSPS) is 19.0. The van der Waals surface area contributed by atoms with E-state index in [4.69, 9.17) is 4.74 Å². The largest absolute Gasteiger partial charge is 0.381 e. The Morgan fingerprint density at radius 2 is 1.83 bits per heavy atom. The molecule has 1 atom stereocenters. The van der Waals surface area contributed by atoms with Gasteiger partial charge in [0.05, 0.1) is 0 Å². The van der Waals surface area contributed by atoms with Gasteiger partial charge in [-0.25, -0.2) is 0 Å². The van der Waals surface area contributed by atoms with E-state index in [0.717, 1.165) is 19.1 Å². The predicted molar refractivity (Wildman–Crippen MR) is 105 cm³/mol. The third-order valence-corrected chi connectivity index (χ3v) is 5.60. The van der Waals surface area contributed by atoms with Crippen molar-refractivity contribution in [3.63, 3.8) is 0 Å². The highest BCUT2D eigenvalue weighted by atomic mass is 16.5. The minimum absolute atomic E-state index is 0.909. The lowest BCUT2D eigenvalue weighted by molar-refractivity contribution is 0.0979. The van der Waals surface area contributed by atoms with Gasteiger partial charge in [-0.2, -0.15) is 0 Å². The van der Waals surface area contributed by atoms with Crippen LogP contribution in [0.3, 0.4) is 0 Å². The molecule has 1 saturated heterocycles. The van der Waals surface area contributed by atoms with E-state index in [0.29, 0.717) is 0 Å². The fraction of sp³-hybridized carbons (Fsp3) is 0.739. The molecule has 0 spiro atoms. The number of ether oxygens (including phenoxy) is 1. The first-order chi connectivity index (χ1) is 11.8. The van der Waals surface area contributed by atoms with Crippen molar-refractivity contribution in [2.45, 2.75) is 90.9 Å². The van der Waals surface area contributed by atoms with Crippen molar-refractivity contribution >= 4 is 0 Å². The first-order valence-electron chi connectivity index (χ1n) is 10.5. The summed E-state index contributed by atoms with van der Waals surface area (Å²) in [5.41, 5.74) is 4.72. The Kier molecular flexibility index (Phi) is 9.50. The van der Waals surface area contributed by atoms with Crippen LogP contribution in [-0.2, 0) is 24.0 Å². The molecule has 1 aromatic rings. The molecule has 0 N–H and O–H groups in total. The number of unbranched alkanes of at least 4 members (excludes halogenated alkanes) is 2. The SMILES string of the molecule is CCCCc1ccc(CC)c(CCCCC2CCCCOCC2)c1. The van der Waals surface area contributed by atoms with E-state index < -0.39 is 0 Å². The van der Waals surface area contributed by atoms with Crippen LogP contribution in [0.5, 0.6) is 0 Å². The second-order valence-corrected chi connectivity index (χ2v) is 7.57. The van der Waals surface area contributed by atoms with Crippen molar-refractivity contribution < 1.29 is 4.74 Å². The molecule has 0 bridgehead atoms. The molecule has 136 valence electrons. The van der Waals surface area contributed by atoms with E-state index in [1.165, 1.54) is 77.0 Å². The molecule has 0 radical (unpaired) electrons. The molecular weight excluding hydrogens is 292 g/mol. The summed E-state index contributed by atoms with van der Waals surface area (Å²) < 4.78 is 5.66. The molecule has 0 aliphatic carbocycles. The van der Waals surface area contributed by atoms with Gasteiger partial charge in [0, 0.05) is 13.2 Å². The monoisotopic (exact) mass is 330 g/mol. The number of hydrogen-bond donors (Lipinski definition) is 0. The molecule has 1 heteroatoms. The van der Waals surface area contributed by atoms with Crippen LogP contribution in [0.2, 0.25) is 0 Å². The summed E-state index contributed by atoms with van der Waals surface area (Å²) in [4.78, 5) is 0. The molecule has 0 amide bonds. The predicted octanol–water partition coefficient (Wildman–Crippen LogP) is 6.51. The zero-order valence-corrected chi connectivity index (χ0v) is 16.1. The Hall–Kier alpha value is -0.820. The molecule has 1 nitrogen and oxygen atoms in total. The lowest BCUT2D eigenvalue weighted by Gasteiger charge is -2.20. The van der Waals surface area contributed by atoms with Crippen LogP contribution in [0.4, 0.5) is 0 Å². The van der Waals surface area contributed by atoms with Crippen LogP contribution >= 0.6 is 0 Å². The third kappa shape index (κ3) is 6.97. The van der Waals surface area contributed by atoms with Crippen molar-refractivity contribution in [2.75, 3.05) is 13.2 Å². The van der Waals surface area contributed by atoms with Gasteiger partial charge in [0.15, 0.2) is 0 Å². The molecule has 1 heterocycles. The summed E-state index contributed by atoms with van der Waals surface area (Å²) in [7, 11) is 0. The van der Waals surface area contributed by atoms with E-state index in [2.05, 4.69) is 32.0 Å².